The lowest BCUT2D eigenvalue weighted by Gasteiger charge is -2.41. The normalized spacial score (nSPS) is 18.7. The zero-order valence-corrected chi connectivity index (χ0v) is 17.0. The number of aryl methyl sites for hydroxylation is 1. The Morgan fingerprint density at radius 2 is 2.04 bits per heavy atom. The van der Waals surface area contributed by atoms with Crippen molar-refractivity contribution in [2.75, 3.05) is 32.8 Å². The number of piperazine rings is 1. The van der Waals surface area contributed by atoms with E-state index in [0.29, 0.717) is 6.04 Å². The molecule has 0 bridgehead atoms. The number of ketones is 1. The lowest BCUT2D eigenvalue weighted by atomic mass is 10.1. The van der Waals surface area contributed by atoms with Crippen LogP contribution in [0, 0.1) is 0 Å². The highest BCUT2D eigenvalue weighted by Gasteiger charge is 2.26. The molecule has 1 aromatic heterocycles. The van der Waals surface area contributed by atoms with Crippen LogP contribution < -0.4 is 0 Å². The van der Waals surface area contributed by atoms with Gasteiger partial charge in [-0.3, -0.25) is 14.6 Å². The van der Waals surface area contributed by atoms with E-state index in [-0.39, 0.29) is 12.4 Å². The summed E-state index contributed by atoms with van der Waals surface area (Å²) in [5, 5.41) is 11.6. The van der Waals surface area contributed by atoms with Crippen LogP contribution in [0.1, 0.15) is 40.6 Å². The number of hydrogen-bond acceptors (Lipinski definition) is 5. The maximum Gasteiger partial charge on any atom is 0.169 e. The molecule has 0 saturated carbocycles. The first kappa shape index (κ1) is 20.2. The molecule has 1 aromatic carbocycles. The second-order valence-corrected chi connectivity index (χ2v) is 8.31. The van der Waals surface area contributed by atoms with Crippen LogP contribution in [0.15, 0.2) is 41.8 Å². The average molecular weight is 387 g/mol. The molecule has 1 fully saturated rings. The smallest absolute Gasteiger partial charge is 0.169 e. The Morgan fingerprint density at radius 1 is 1.22 bits per heavy atom. The largest absolute Gasteiger partial charge is 0.396 e. The number of thiophene rings is 1. The van der Waals surface area contributed by atoms with E-state index < -0.39 is 0 Å². The van der Waals surface area contributed by atoms with Crippen LogP contribution in [-0.2, 0) is 13.0 Å². The fraction of sp³-hybridized carbons (Fsp3) is 0.500. The van der Waals surface area contributed by atoms with Crippen LogP contribution in [0.4, 0.5) is 0 Å². The number of benzene rings is 1. The number of carbonyl (C=O) groups is 1. The molecule has 0 amide bonds. The fourth-order valence-electron chi connectivity index (χ4n) is 3.85. The van der Waals surface area contributed by atoms with E-state index in [9.17, 15) is 9.90 Å². The van der Waals surface area contributed by atoms with Gasteiger partial charge >= 0.3 is 0 Å². The van der Waals surface area contributed by atoms with Crippen LogP contribution in [-0.4, -0.2) is 59.5 Å². The average Bonchev–Trinajstić information content (AvgIpc) is 3.13. The third-order valence-electron chi connectivity index (χ3n) is 5.31. The van der Waals surface area contributed by atoms with E-state index >= 15 is 0 Å². The molecule has 0 aliphatic carbocycles. The van der Waals surface area contributed by atoms with E-state index in [1.165, 1.54) is 11.1 Å². The van der Waals surface area contributed by atoms with Crippen molar-refractivity contribution >= 4 is 17.1 Å². The van der Waals surface area contributed by atoms with Gasteiger partial charge in [0.05, 0.1) is 4.88 Å². The van der Waals surface area contributed by atoms with E-state index in [2.05, 4.69) is 45.5 Å². The van der Waals surface area contributed by atoms with Gasteiger partial charge in [-0.15, -0.1) is 11.3 Å². The van der Waals surface area contributed by atoms with Gasteiger partial charge in [0, 0.05) is 38.8 Å². The van der Waals surface area contributed by atoms with Crippen molar-refractivity contribution in [1.29, 1.82) is 0 Å². The van der Waals surface area contributed by atoms with Crippen LogP contribution in [0.5, 0.6) is 0 Å². The molecule has 27 heavy (non-hydrogen) atoms. The Hall–Kier alpha value is -1.53. The number of Topliss-reactive ketones (excluding diaryl/α,β-unsaturated/α-hetero) is 1. The summed E-state index contributed by atoms with van der Waals surface area (Å²) in [5.41, 5.74) is 2.62. The number of aliphatic hydroxyl groups is 1. The molecule has 1 atom stereocenters. The standard InChI is InChI=1S/C22H30N2O2S/c1-18(26)22-14-20(17-27-22)15-23-11-12-24(21(16-23)9-13-25)10-5-8-19-6-3-2-4-7-19/h2-4,6-7,14,17,21,25H,5,8-13,15-16H2,1H3/t21-/m1/s1. The minimum absolute atomic E-state index is 0.146. The second-order valence-electron chi connectivity index (χ2n) is 7.40. The molecule has 5 heteroatoms. The van der Waals surface area contributed by atoms with Crippen LogP contribution in [0.2, 0.25) is 0 Å². The van der Waals surface area contributed by atoms with E-state index in [0.717, 1.165) is 56.9 Å². The lowest BCUT2D eigenvalue weighted by Crippen LogP contribution is -2.53. The molecule has 1 aliphatic rings. The maximum atomic E-state index is 11.5. The number of hydrogen-bond donors (Lipinski definition) is 1. The molecule has 146 valence electrons. The third-order valence-corrected chi connectivity index (χ3v) is 6.39. The predicted molar refractivity (Wildman–Crippen MR) is 111 cm³/mol. The van der Waals surface area contributed by atoms with Gasteiger partial charge in [-0.1, -0.05) is 30.3 Å². The molecule has 1 aliphatic heterocycles. The van der Waals surface area contributed by atoms with Gasteiger partial charge in [0.25, 0.3) is 0 Å². The zero-order chi connectivity index (χ0) is 19.1. The summed E-state index contributed by atoms with van der Waals surface area (Å²) >= 11 is 1.54. The van der Waals surface area contributed by atoms with Crippen molar-refractivity contribution in [2.45, 2.75) is 38.8 Å². The molecule has 2 aromatic rings. The summed E-state index contributed by atoms with van der Waals surface area (Å²) in [6.45, 7) is 6.91. The van der Waals surface area contributed by atoms with Gasteiger partial charge in [0.1, 0.15) is 0 Å². The van der Waals surface area contributed by atoms with Crippen molar-refractivity contribution in [3.05, 3.63) is 57.8 Å². The number of nitrogens with zero attached hydrogens (tertiary/aromatic N) is 2. The van der Waals surface area contributed by atoms with Crippen LogP contribution in [0.3, 0.4) is 0 Å². The van der Waals surface area contributed by atoms with E-state index in [1.807, 2.05) is 6.07 Å². The molecule has 1 N–H and O–H groups in total. The monoisotopic (exact) mass is 386 g/mol. The topological polar surface area (TPSA) is 43.8 Å². The first-order valence-electron chi connectivity index (χ1n) is 9.85. The highest BCUT2D eigenvalue weighted by atomic mass is 32.1. The zero-order valence-electron chi connectivity index (χ0n) is 16.1. The number of aliphatic hydroxyl groups excluding tert-OH is 1. The summed E-state index contributed by atoms with van der Waals surface area (Å²) in [6.07, 6.45) is 3.08. The van der Waals surface area contributed by atoms with Crippen LogP contribution >= 0.6 is 11.3 Å². The summed E-state index contributed by atoms with van der Waals surface area (Å²) in [4.78, 5) is 17.3. The molecule has 0 spiro atoms. The fourth-order valence-corrected chi connectivity index (χ4v) is 4.66. The minimum Gasteiger partial charge on any atom is -0.396 e. The second kappa shape index (κ2) is 10.1. The number of carbonyl (C=O) groups excluding carboxylic acids is 1. The molecule has 1 saturated heterocycles. The summed E-state index contributed by atoms with van der Waals surface area (Å²) in [7, 11) is 0. The van der Waals surface area contributed by atoms with Gasteiger partial charge in [-0.25, -0.2) is 0 Å². The van der Waals surface area contributed by atoms with Crippen molar-refractivity contribution in [1.82, 2.24) is 9.80 Å². The molecule has 0 radical (unpaired) electrons. The summed E-state index contributed by atoms with van der Waals surface area (Å²) in [6, 6.07) is 13.1. The molecular weight excluding hydrogens is 356 g/mol. The van der Waals surface area contributed by atoms with Crippen molar-refractivity contribution < 1.29 is 9.90 Å². The van der Waals surface area contributed by atoms with Crippen molar-refractivity contribution in [3.63, 3.8) is 0 Å². The molecule has 2 heterocycles. The van der Waals surface area contributed by atoms with Crippen molar-refractivity contribution in [3.8, 4) is 0 Å². The Bertz CT molecular complexity index is 716. The van der Waals surface area contributed by atoms with E-state index in [1.54, 1.807) is 18.3 Å². The predicted octanol–water partition coefficient (Wildman–Crippen LogP) is 3.45. The maximum absolute atomic E-state index is 11.5. The number of rotatable bonds is 9. The van der Waals surface area contributed by atoms with Crippen molar-refractivity contribution in [2.24, 2.45) is 0 Å². The first-order chi connectivity index (χ1) is 13.2. The highest BCUT2D eigenvalue weighted by molar-refractivity contribution is 7.12. The highest BCUT2D eigenvalue weighted by Crippen LogP contribution is 2.20. The molecule has 4 nitrogen and oxygen atoms in total. The molecule has 3 rings (SSSR count). The summed E-state index contributed by atoms with van der Waals surface area (Å²) in [5.74, 6) is 0.146. The molecule has 0 unspecified atom stereocenters. The van der Waals surface area contributed by atoms with E-state index in [4.69, 9.17) is 0 Å². The molecular formula is C22H30N2O2S. The SMILES string of the molecule is CC(=O)c1cc(CN2CCN(CCCc3ccccc3)[C@H](CCO)C2)cs1. The van der Waals surface area contributed by atoms with Gasteiger partial charge in [0.2, 0.25) is 0 Å². The van der Waals surface area contributed by atoms with Gasteiger partial charge in [-0.05, 0) is 55.3 Å². The third kappa shape index (κ3) is 5.98. The minimum atomic E-state index is 0.146. The van der Waals surface area contributed by atoms with Crippen LogP contribution in [0.25, 0.3) is 0 Å². The first-order valence-corrected chi connectivity index (χ1v) is 10.7. The van der Waals surface area contributed by atoms with Gasteiger partial charge in [0.15, 0.2) is 5.78 Å². The Kier molecular flexibility index (Phi) is 7.59. The Morgan fingerprint density at radius 3 is 2.74 bits per heavy atom. The summed E-state index contributed by atoms with van der Waals surface area (Å²) < 4.78 is 0. The van der Waals surface area contributed by atoms with Gasteiger partial charge in [-0.2, -0.15) is 0 Å². The van der Waals surface area contributed by atoms with Gasteiger partial charge < -0.3 is 5.11 Å². The quantitative estimate of drug-likeness (QED) is 0.671. The lowest BCUT2D eigenvalue weighted by molar-refractivity contribution is 0.0547. The Labute approximate surface area is 166 Å². The Balaban J connectivity index is 1.50.